The molecule has 1 fully saturated rings. The van der Waals surface area contributed by atoms with Crippen molar-refractivity contribution in [3.63, 3.8) is 0 Å². The van der Waals surface area contributed by atoms with Crippen LogP contribution in [0, 0.1) is 5.92 Å². The summed E-state index contributed by atoms with van der Waals surface area (Å²) in [6.07, 6.45) is 4.33. The molecule has 5 nitrogen and oxygen atoms in total. The van der Waals surface area contributed by atoms with Crippen molar-refractivity contribution in [3.05, 3.63) is 11.6 Å². The summed E-state index contributed by atoms with van der Waals surface area (Å²) >= 11 is 0. The third-order valence-electron chi connectivity index (χ3n) is 4.31. The summed E-state index contributed by atoms with van der Waals surface area (Å²) in [5, 5.41) is 13.9. The third kappa shape index (κ3) is 2.06. The summed E-state index contributed by atoms with van der Waals surface area (Å²) < 4.78 is 2.05. The molecule has 3 heterocycles. The van der Waals surface area contributed by atoms with E-state index in [2.05, 4.69) is 16.9 Å². The van der Waals surface area contributed by atoms with E-state index in [0.717, 1.165) is 37.6 Å². The number of aliphatic hydroxyl groups is 1. The lowest BCUT2D eigenvalue weighted by Crippen LogP contribution is -2.23. The monoisotopic (exact) mass is 250 g/mol. The van der Waals surface area contributed by atoms with E-state index in [1.54, 1.807) is 0 Å². The van der Waals surface area contributed by atoms with Crippen LogP contribution in [0.15, 0.2) is 0 Å². The molecule has 0 bridgehead atoms. The van der Waals surface area contributed by atoms with Crippen molar-refractivity contribution >= 4 is 0 Å². The number of rotatable bonds is 3. The van der Waals surface area contributed by atoms with Gasteiger partial charge in [-0.05, 0) is 38.3 Å². The summed E-state index contributed by atoms with van der Waals surface area (Å²) in [6.45, 7) is 5.63. The number of aryl methyl sites for hydroxylation is 1. The van der Waals surface area contributed by atoms with Crippen molar-refractivity contribution in [2.24, 2.45) is 5.92 Å². The summed E-state index contributed by atoms with van der Waals surface area (Å²) in [4.78, 5) is 7.19. The Hall–Kier alpha value is -0.940. The van der Waals surface area contributed by atoms with Gasteiger partial charge in [0.25, 0.3) is 0 Å². The number of fused-ring (bicyclic) bond motifs is 1. The first-order valence-electron chi connectivity index (χ1n) is 7.10. The van der Waals surface area contributed by atoms with E-state index < -0.39 is 0 Å². The zero-order chi connectivity index (χ0) is 12.5. The van der Waals surface area contributed by atoms with Crippen LogP contribution in [-0.4, -0.2) is 44.5 Å². The van der Waals surface area contributed by atoms with Crippen molar-refractivity contribution in [1.82, 2.24) is 19.7 Å². The van der Waals surface area contributed by atoms with Gasteiger partial charge < -0.3 is 5.11 Å². The van der Waals surface area contributed by atoms with Gasteiger partial charge in [-0.15, -0.1) is 0 Å². The highest BCUT2D eigenvalue weighted by Crippen LogP contribution is 2.30. The molecular formula is C13H22N4O. The smallest absolute Gasteiger partial charge is 0.168 e. The minimum Gasteiger partial charge on any atom is -0.396 e. The molecule has 2 aliphatic heterocycles. The summed E-state index contributed by atoms with van der Waals surface area (Å²) in [5.74, 6) is 2.45. The highest BCUT2D eigenvalue weighted by Gasteiger charge is 2.30. The van der Waals surface area contributed by atoms with Gasteiger partial charge in [-0.3, -0.25) is 4.90 Å². The van der Waals surface area contributed by atoms with Crippen molar-refractivity contribution < 1.29 is 5.11 Å². The topological polar surface area (TPSA) is 54.2 Å². The van der Waals surface area contributed by atoms with Crippen LogP contribution in [0.4, 0.5) is 0 Å². The average Bonchev–Trinajstić information content (AvgIpc) is 3.03. The SMILES string of the molecule is CCN1CCCC1c1nc2n(n1)CCC(CO)C2. The second-order valence-electron chi connectivity index (χ2n) is 5.44. The fourth-order valence-electron chi connectivity index (χ4n) is 3.18. The van der Waals surface area contributed by atoms with Gasteiger partial charge in [0, 0.05) is 19.6 Å². The molecule has 5 heteroatoms. The van der Waals surface area contributed by atoms with Gasteiger partial charge in [0.05, 0.1) is 6.04 Å². The van der Waals surface area contributed by atoms with E-state index in [4.69, 9.17) is 4.98 Å². The van der Waals surface area contributed by atoms with Gasteiger partial charge in [-0.25, -0.2) is 9.67 Å². The molecule has 1 N–H and O–H groups in total. The summed E-state index contributed by atoms with van der Waals surface area (Å²) in [7, 11) is 0. The predicted octanol–water partition coefficient (Wildman–Crippen LogP) is 0.990. The molecule has 18 heavy (non-hydrogen) atoms. The lowest BCUT2D eigenvalue weighted by Gasteiger charge is -2.19. The lowest BCUT2D eigenvalue weighted by atomic mass is 9.99. The average molecular weight is 250 g/mol. The van der Waals surface area contributed by atoms with E-state index in [0.29, 0.717) is 12.0 Å². The number of hydrogen-bond acceptors (Lipinski definition) is 4. The van der Waals surface area contributed by atoms with E-state index >= 15 is 0 Å². The maximum atomic E-state index is 9.25. The van der Waals surface area contributed by atoms with E-state index in [1.807, 2.05) is 4.68 Å². The maximum absolute atomic E-state index is 9.25. The number of aliphatic hydroxyl groups excluding tert-OH is 1. The predicted molar refractivity (Wildman–Crippen MR) is 68.1 cm³/mol. The number of hydrogen-bond donors (Lipinski definition) is 1. The van der Waals surface area contributed by atoms with Crippen LogP contribution >= 0.6 is 0 Å². The summed E-state index contributed by atoms with van der Waals surface area (Å²) in [6, 6.07) is 0.417. The van der Waals surface area contributed by atoms with Gasteiger partial charge in [0.1, 0.15) is 5.82 Å². The van der Waals surface area contributed by atoms with Gasteiger partial charge >= 0.3 is 0 Å². The van der Waals surface area contributed by atoms with Crippen molar-refractivity contribution in [2.45, 2.75) is 45.2 Å². The van der Waals surface area contributed by atoms with Crippen LogP contribution in [0.25, 0.3) is 0 Å². The van der Waals surface area contributed by atoms with Crippen molar-refractivity contribution in [1.29, 1.82) is 0 Å². The van der Waals surface area contributed by atoms with E-state index in [9.17, 15) is 5.11 Å². The molecule has 1 saturated heterocycles. The standard InChI is InChI=1S/C13H22N4O/c1-2-16-6-3-4-11(16)13-14-12-8-10(9-18)5-7-17(12)15-13/h10-11,18H,2-9H2,1H3. The number of aromatic nitrogens is 3. The first-order chi connectivity index (χ1) is 8.81. The molecule has 1 aromatic heterocycles. The van der Waals surface area contributed by atoms with Crippen molar-refractivity contribution in [2.75, 3.05) is 19.7 Å². The maximum Gasteiger partial charge on any atom is 0.168 e. The molecule has 100 valence electrons. The van der Waals surface area contributed by atoms with Crippen molar-refractivity contribution in [3.8, 4) is 0 Å². The lowest BCUT2D eigenvalue weighted by molar-refractivity contribution is 0.196. The molecule has 0 saturated carbocycles. The van der Waals surface area contributed by atoms with Crippen LogP contribution in [0.1, 0.15) is 43.9 Å². The Kier molecular flexibility index (Phi) is 3.35. The van der Waals surface area contributed by atoms with Gasteiger partial charge in [-0.1, -0.05) is 6.92 Å². The normalized spacial score (nSPS) is 28.6. The zero-order valence-corrected chi connectivity index (χ0v) is 11.0. The molecule has 2 unspecified atom stereocenters. The Labute approximate surface area is 108 Å². The zero-order valence-electron chi connectivity index (χ0n) is 11.0. The highest BCUT2D eigenvalue weighted by atomic mass is 16.3. The molecule has 1 aromatic rings. The number of nitrogens with zero attached hydrogens (tertiary/aromatic N) is 4. The molecule has 0 radical (unpaired) electrons. The van der Waals surface area contributed by atoms with Gasteiger partial charge in [0.2, 0.25) is 0 Å². The van der Waals surface area contributed by atoms with Crippen LogP contribution in [0.5, 0.6) is 0 Å². The first-order valence-corrected chi connectivity index (χ1v) is 7.10. The van der Waals surface area contributed by atoms with E-state index in [1.165, 1.54) is 19.4 Å². The van der Waals surface area contributed by atoms with Gasteiger partial charge in [0.15, 0.2) is 5.82 Å². The Morgan fingerprint density at radius 2 is 2.22 bits per heavy atom. The second-order valence-corrected chi connectivity index (χ2v) is 5.44. The minimum atomic E-state index is 0.271. The fourth-order valence-corrected chi connectivity index (χ4v) is 3.18. The Morgan fingerprint density at radius 3 is 3.00 bits per heavy atom. The second kappa shape index (κ2) is 4.97. The third-order valence-corrected chi connectivity index (χ3v) is 4.31. The van der Waals surface area contributed by atoms with E-state index in [-0.39, 0.29) is 6.61 Å². The molecule has 0 spiro atoms. The first kappa shape index (κ1) is 12.1. The van der Waals surface area contributed by atoms with Crippen LogP contribution in [0.2, 0.25) is 0 Å². The van der Waals surface area contributed by atoms with Crippen LogP contribution < -0.4 is 0 Å². The molecule has 2 atom stereocenters. The highest BCUT2D eigenvalue weighted by molar-refractivity contribution is 5.03. The number of likely N-dealkylation sites (tertiary alicyclic amines) is 1. The largest absolute Gasteiger partial charge is 0.396 e. The summed E-state index contributed by atoms with van der Waals surface area (Å²) in [5.41, 5.74) is 0. The Bertz CT molecular complexity index is 417. The molecule has 0 aliphatic carbocycles. The molecular weight excluding hydrogens is 228 g/mol. The molecule has 0 amide bonds. The minimum absolute atomic E-state index is 0.271. The molecule has 3 rings (SSSR count). The van der Waals surface area contributed by atoms with Gasteiger partial charge in [-0.2, -0.15) is 5.10 Å². The quantitative estimate of drug-likeness (QED) is 0.869. The Morgan fingerprint density at radius 1 is 1.33 bits per heavy atom. The van der Waals surface area contributed by atoms with Crippen LogP contribution in [-0.2, 0) is 13.0 Å². The fraction of sp³-hybridized carbons (Fsp3) is 0.846. The molecule has 2 aliphatic rings. The molecule has 0 aromatic carbocycles. The van der Waals surface area contributed by atoms with Crippen LogP contribution in [0.3, 0.4) is 0 Å². The Balaban J connectivity index is 1.81.